The predicted molar refractivity (Wildman–Crippen MR) is 56.9 cm³/mol. The Balaban J connectivity index is 0.000000671. The largest absolute Gasteiger partial charge is 0.299 e. The van der Waals surface area contributed by atoms with Crippen LogP contribution < -0.4 is 0 Å². The zero-order valence-corrected chi connectivity index (χ0v) is 8.87. The van der Waals surface area contributed by atoms with Crippen LogP contribution in [0.15, 0.2) is 30.3 Å². The summed E-state index contributed by atoms with van der Waals surface area (Å²) in [5.74, 6) is 0.257. The van der Waals surface area contributed by atoms with Gasteiger partial charge in [-0.2, -0.15) is 0 Å². The maximum absolute atomic E-state index is 10.9. The third kappa shape index (κ3) is 3.88. The summed E-state index contributed by atoms with van der Waals surface area (Å²) in [7, 11) is 0. The number of hydrogen-bond donors (Lipinski definition) is 0. The molecule has 0 amide bonds. The number of carbonyl (C=O) groups is 1. The molecule has 0 radical (unpaired) electrons. The average molecular weight is 178 g/mol. The first-order chi connectivity index (χ1) is 6.22. The van der Waals surface area contributed by atoms with Gasteiger partial charge in [-0.25, -0.2) is 0 Å². The number of ketones is 1. The Morgan fingerprint density at radius 1 is 1.15 bits per heavy atom. The number of hydrogen-bond acceptors (Lipinski definition) is 1. The average Bonchev–Trinajstić information content (AvgIpc) is 2.21. The minimum Gasteiger partial charge on any atom is -0.299 e. The molecule has 1 atom stereocenters. The Kier molecular flexibility index (Phi) is 5.86. The quantitative estimate of drug-likeness (QED) is 0.678. The van der Waals surface area contributed by atoms with Gasteiger partial charge in [0.15, 0.2) is 0 Å². The minimum atomic E-state index is 0.0381. The van der Waals surface area contributed by atoms with Crippen LogP contribution in [0.4, 0.5) is 0 Å². The maximum atomic E-state index is 10.9. The van der Waals surface area contributed by atoms with Crippen molar-refractivity contribution < 1.29 is 4.79 Å². The van der Waals surface area contributed by atoms with E-state index >= 15 is 0 Å². The lowest BCUT2D eigenvalue weighted by Crippen LogP contribution is -2.03. The lowest BCUT2D eigenvalue weighted by Gasteiger charge is -2.05. The van der Waals surface area contributed by atoms with Crippen LogP contribution in [-0.2, 0) is 4.79 Å². The Morgan fingerprint density at radius 2 is 1.62 bits per heavy atom. The molecule has 0 N–H and O–H groups in total. The summed E-state index contributed by atoms with van der Waals surface area (Å²) in [6.07, 6.45) is 0. The first-order valence-corrected chi connectivity index (χ1v) is 4.77. The molecule has 0 spiro atoms. The smallest absolute Gasteiger partial charge is 0.136 e. The summed E-state index contributed by atoms with van der Waals surface area (Å²) >= 11 is 0. The van der Waals surface area contributed by atoms with E-state index in [-0.39, 0.29) is 11.7 Å². The Morgan fingerprint density at radius 3 is 2.00 bits per heavy atom. The second kappa shape index (κ2) is 6.41. The van der Waals surface area contributed by atoms with Gasteiger partial charge in [-0.1, -0.05) is 51.1 Å². The lowest BCUT2D eigenvalue weighted by molar-refractivity contribution is -0.118. The first kappa shape index (κ1) is 11.9. The number of rotatable bonds is 2. The van der Waals surface area contributed by atoms with Gasteiger partial charge < -0.3 is 0 Å². The fourth-order valence-corrected chi connectivity index (χ4v) is 0.976. The van der Waals surface area contributed by atoms with Crippen LogP contribution in [0.5, 0.6) is 0 Å². The van der Waals surface area contributed by atoms with Crippen molar-refractivity contribution in [2.75, 3.05) is 0 Å². The van der Waals surface area contributed by atoms with Gasteiger partial charge in [-0.3, -0.25) is 4.79 Å². The van der Waals surface area contributed by atoms with Gasteiger partial charge in [0, 0.05) is 5.92 Å². The van der Waals surface area contributed by atoms with Crippen molar-refractivity contribution in [2.24, 2.45) is 0 Å². The Labute approximate surface area is 80.8 Å². The van der Waals surface area contributed by atoms with Gasteiger partial charge in [-0.15, -0.1) is 0 Å². The standard InChI is InChI=1S/C10H12O.C2H6/c1-8(9(2)11)10-6-4-3-5-7-10;1-2/h3-8H,1-2H3;1-2H3/t8-;/m0./s1. The number of Topliss-reactive ketones (excluding diaryl/α,β-unsaturated/α-hetero) is 1. The molecule has 0 aliphatic carbocycles. The van der Waals surface area contributed by atoms with Crippen LogP contribution in [0, 0.1) is 0 Å². The summed E-state index contributed by atoms with van der Waals surface area (Å²) in [6, 6.07) is 9.82. The molecule has 72 valence electrons. The van der Waals surface area contributed by atoms with Crippen molar-refractivity contribution in [3.05, 3.63) is 35.9 Å². The molecule has 0 saturated heterocycles. The molecule has 1 aromatic rings. The van der Waals surface area contributed by atoms with Gasteiger partial charge in [-0.05, 0) is 12.5 Å². The van der Waals surface area contributed by atoms with E-state index in [1.165, 1.54) is 0 Å². The van der Waals surface area contributed by atoms with Crippen molar-refractivity contribution in [3.63, 3.8) is 0 Å². The van der Waals surface area contributed by atoms with Gasteiger partial charge >= 0.3 is 0 Å². The second-order valence-electron chi connectivity index (χ2n) is 2.74. The van der Waals surface area contributed by atoms with Gasteiger partial charge in [0.1, 0.15) is 5.78 Å². The van der Waals surface area contributed by atoms with E-state index in [0.29, 0.717) is 0 Å². The van der Waals surface area contributed by atoms with E-state index < -0.39 is 0 Å². The Hall–Kier alpha value is -1.11. The van der Waals surface area contributed by atoms with Crippen LogP contribution in [0.1, 0.15) is 39.2 Å². The highest BCUT2D eigenvalue weighted by Gasteiger charge is 2.08. The zero-order valence-electron chi connectivity index (χ0n) is 8.87. The van der Waals surface area contributed by atoms with Crippen molar-refractivity contribution in [1.82, 2.24) is 0 Å². The third-order valence-electron chi connectivity index (χ3n) is 1.91. The van der Waals surface area contributed by atoms with E-state index in [4.69, 9.17) is 0 Å². The normalized spacial score (nSPS) is 11.1. The van der Waals surface area contributed by atoms with Crippen LogP contribution in [0.2, 0.25) is 0 Å². The van der Waals surface area contributed by atoms with Crippen molar-refractivity contribution in [2.45, 2.75) is 33.6 Å². The molecule has 0 unspecified atom stereocenters. The SMILES string of the molecule is CC.CC(=O)[C@H](C)c1ccccc1. The van der Waals surface area contributed by atoms with Gasteiger partial charge in [0.25, 0.3) is 0 Å². The molecule has 0 aromatic heterocycles. The number of carbonyl (C=O) groups excluding carboxylic acids is 1. The predicted octanol–water partition coefficient (Wildman–Crippen LogP) is 3.41. The van der Waals surface area contributed by atoms with E-state index in [2.05, 4.69) is 0 Å². The van der Waals surface area contributed by atoms with Crippen LogP contribution in [-0.4, -0.2) is 5.78 Å². The summed E-state index contributed by atoms with van der Waals surface area (Å²) in [6.45, 7) is 7.55. The molecule has 0 bridgehead atoms. The van der Waals surface area contributed by atoms with Crippen molar-refractivity contribution in [1.29, 1.82) is 0 Å². The molecule has 1 aromatic carbocycles. The van der Waals surface area contributed by atoms with Crippen molar-refractivity contribution >= 4 is 5.78 Å². The lowest BCUT2D eigenvalue weighted by atomic mass is 9.98. The molecule has 0 aliphatic heterocycles. The zero-order chi connectivity index (χ0) is 10.3. The fourth-order valence-electron chi connectivity index (χ4n) is 0.976. The van der Waals surface area contributed by atoms with Crippen LogP contribution in [0.3, 0.4) is 0 Å². The van der Waals surface area contributed by atoms with E-state index in [9.17, 15) is 4.79 Å². The second-order valence-corrected chi connectivity index (χ2v) is 2.74. The molecule has 13 heavy (non-hydrogen) atoms. The fraction of sp³-hybridized carbons (Fsp3) is 0.417. The monoisotopic (exact) mass is 178 g/mol. The molecule has 1 heteroatoms. The highest BCUT2D eigenvalue weighted by atomic mass is 16.1. The Bertz CT molecular complexity index is 239. The van der Waals surface area contributed by atoms with Crippen LogP contribution >= 0.6 is 0 Å². The maximum Gasteiger partial charge on any atom is 0.136 e. The number of benzene rings is 1. The summed E-state index contributed by atoms with van der Waals surface area (Å²) in [4.78, 5) is 10.9. The molecular weight excluding hydrogens is 160 g/mol. The molecule has 0 heterocycles. The molecule has 1 rings (SSSR count). The topological polar surface area (TPSA) is 17.1 Å². The highest BCUT2D eigenvalue weighted by molar-refractivity contribution is 5.82. The third-order valence-corrected chi connectivity index (χ3v) is 1.91. The summed E-state index contributed by atoms with van der Waals surface area (Å²) < 4.78 is 0. The molecular formula is C12H18O. The molecule has 0 aliphatic rings. The molecule has 0 fully saturated rings. The molecule has 1 nitrogen and oxygen atoms in total. The van der Waals surface area contributed by atoms with Gasteiger partial charge in [0.05, 0.1) is 0 Å². The van der Waals surface area contributed by atoms with Crippen LogP contribution in [0.25, 0.3) is 0 Å². The molecule has 0 saturated carbocycles. The summed E-state index contributed by atoms with van der Waals surface area (Å²) in [5.41, 5.74) is 1.10. The minimum absolute atomic E-state index is 0.0381. The van der Waals surface area contributed by atoms with E-state index in [1.54, 1.807) is 6.92 Å². The summed E-state index contributed by atoms with van der Waals surface area (Å²) in [5, 5.41) is 0. The first-order valence-electron chi connectivity index (χ1n) is 4.77. The van der Waals surface area contributed by atoms with E-state index in [1.807, 2.05) is 51.1 Å². The highest BCUT2D eigenvalue weighted by Crippen LogP contribution is 2.14. The van der Waals surface area contributed by atoms with E-state index in [0.717, 1.165) is 5.56 Å². The van der Waals surface area contributed by atoms with Gasteiger partial charge in [0.2, 0.25) is 0 Å². The van der Waals surface area contributed by atoms with Crippen molar-refractivity contribution in [3.8, 4) is 0 Å².